The minimum absolute atomic E-state index is 0.0880. The van der Waals surface area contributed by atoms with E-state index < -0.39 is 28.5 Å². The predicted molar refractivity (Wildman–Crippen MR) is 159 cm³/mol. The molecule has 0 heterocycles. The molecular formula is C30H36BrN3O4S. The van der Waals surface area contributed by atoms with E-state index in [9.17, 15) is 18.0 Å². The summed E-state index contributed by atoms with van der Waals surface area (Å²) in [6, 6.07) is 18.5. The van der Waals surface area contributed by atoms with E-state index in [1.165, 1.54) is 4.90 Å². The van der Waals surface area contributed by atoms with Gasteiger partial charge in [0.1, 0.15) is 12.6 Å². The van der Waals surface area contributed by atoms with E-state index in [4.69, 9.17) is 0 Å². The Labute approximate surface area is 240 Å². The topological polar surface area (TPSA) is 86.8 Å². The first-order chi connectivity index (χ1) is 18.3. The number of amides is 2. The first-order valence-electron chi connectivity index (χ1n) is 12.8. The van der Waals surface area contributed by atoms with Crippen molar-refractivity contribution in [3.8, 4) is 0 Å². The fraction of sp³-hybridized carbons (Fsp3) is 0.333. The van der Waals surface area contributed by atoms with Gasteiger partial charge in [0.05, 0.1) is 10.6 Å². The molecule has 208 valence electrons. The molecule has 0 aromatic heterocycles. The molecule has 7 nitrogen and oxygen atoms in total. The fourth-order valence-corrected chi connectivity index (χ4v) is 6.18. The molecule has 0 aliphatic rings. The van der Waals surface area contributed by atoms with Crippen molar-refractivity contribution in [3.05, 3.63) is 93.5 Å². The molecule has 1 N–H and O–H groups in total. The number of carbonyl (C=O) groups excluding carboxylic acids is 2. The largest absolute Gasteiger partial charge is 0.352 e. The van der Waals surface area contributed by atoms with Gasteiger partial charge in [0.25, 0.3) is 10.0 Å². The van der Waals surface area contributed by atoms with Crippen LogP contribution in [0.2, 0.25) is 0 Å². The maximum absolute atomic E-state index is 14.0. The summed E-state index contributed by atoms with van der Waals surface area (Å²) < 4.78 is 29.9. The third-order valence-electron chi connectivity index (χ3n) is 6.35. The van der Waals surface area contributed by atoms with Crippen LogP contribution in [-0.2, 0) is 26.2 Å². The van der Waals surface area contributed by atoms with Gasteiger partial charge in [0, 0.05) is 17.1 Å². The van der Waals surface area contributed by atoms with E-state index in [2.05, 4.69) is 21.2 Å². The van der Waals surface area contributed by atoms with Crippen LogP contribution >= 0.6 is 15.9 Å². The number of sulfonamides is 1. The highest BCUT2D eigenvalue weighted by Gasteiger charge is 2.33. The zero-order valence-electron chi connectivity index (χ0n) is 23.2. The van der Waals surface area contributed by atoms with Crippen molar-refractivity contribution in [1.82, 2.24) is 10.2 Å². The van der Waals surface area contributed by atoms with Crippen molar-refractivity contribution < 1.29 is 18.0 Å². The van der Waals surface area contributed by atoms with E-state index in [-0.39, 0.29) is 23.4 Å². The summed E-state index contributed by atoms with van der Waals surface area (Å²) in [6.45, 7) is 10.7. The highest BCUT2D eigenvalue weighted by atomic mass is 79.9. The van der Waals surface area contributed by atoms with Gasteiger partial charge in [0.15, 0.2) is 0 Å². The molecule has 0 fully saturated rings. The Morgan fingerprint density at radius 1 is 0.897 bits per heavy atom. The van der Waals surface area contributed by atoms with Crippen LogP contribution in [0.15, 0.2) is 76.1 Å². The van der Waals surface area contributed by atoms with Gasteiger partial charge in [-0.1, -0.05) is 63.5 Å². The number of nitrogens with one attached hydrogen (secondary N) is 1. The number of aryl methyl sites for hydroxylation is 3. The van der Waals surface area contributed by atoms with Crippen LogP contribution in [0.4, 0.5) is 5.69 Å². The molecule has 0 bridgehead atoms. The quantitative estimate of drug-likeness (QED) is 0.326. The lowest BCUT2D eigenvalue weighted by Gasteiger charge is -2.33. The van der Waals surface area contributed by atoms with Crippen molar-refractivity contribution in [2.45, 2.75) is 65.1 Å². The Bertz CT molecular complexity index is 1440. The average Bonchev–Trinajstić information content (AvgIpc) is 2.85. The normalized spacial score (nSPS) is 12.2. The van der Waals surface area contributed by atoms with Gasteiger partial charge in [-0.25, -0.2) is 8.42 Å². The molecule has 0 saturated heterocycles. The number of hydrogen-bond donors (Lipinski definition) is 1. The van der Waals surface area contributed by atoms with E-state index in [0.717, 1.165) is 31.0 Å². The second-order valence-electron chi connectivity index (χ2n) is 10.1. The van der Waals surface area contributed by atoms with Crippen LogP contribution in [0.3, 0.4) is 0 Å². The summed E-state index contributed by atoms with van der Waals surface area (Å²) in [5.74, 6) is -0.801. The third-order valence-corrected chi connectivity index (χ3v) is 8.62. The van der Waals surface area contributed by atoms with E-state index in [1.54, 1.807) is 37.3 Å². The molecule has 0 spiro atoms. The van der Waals surface area contributed by atoms with Crippen LogP contribution < -0.4 is 9.62 Å². The van der Waals surface area contributed by atoms with Crippen molar-refractivity contribution in [2.75, 3.05) is 10.8 Å². The summed E-state index contributed by atoms with van der Waals surface area (Å²) >= 11 is 3.46. The molecule has 0 aliphatic carbocycles. The molecule has 1 atom stereocenters. The van der Waals surface area contributed by atoms with Gasteiger partial charge < -0.3 is 10.2 Å². The first-order valence-corrected chi connectivity index (χ1v) is 15.0. The maximum Gasteiger partial charge on any atom is 0.264 e. The number of halogens is 1. The SMILES string of the molecule is Cc1ccc(S(=O)(=O)N(CC(=O)N(Cc2cccc(Br)c2)[C@@H](C)C(=O)NC(C)C)c2ccc(C)cc2C)cc1. The highest BCUT2D eigenvalue weighted by molar-refractivity contribution is 9.10. The molecule has 3 rings (SSSR count). The van der Waals surface area contributed by atoms with Gasteiger partial charge in [0.2, 0.25) is 11.8 Å². The zero-order chi connectivity index (χ0) is 28.9. The van der Waals surface area contributed by atoms with Crippen molar-refractivity contribution in [1.29, 1.82) is 0 Å². The number of benzene rings is 3. The summed E-state index contributed by atoms with van der Waals surface area (Å²) in [5, 5.41) is 2.86. The van der Waals surface area contributed by atoms with Crippen LogP contribution in [0.25, 0.3) is 0 Å². The summed E-state index contributed by atoms with van der Waals surface area (Å²) in [5.41, 5.74) is 3.85. The van der Waals surface area contributed by atoms with Crippen LogP contribution in [0, 0.1) is 20.8 Å². The molecular weight excluding hydrogens is 578 g/mol. The lowest BCUT2D eigenvalue weighted by molar-refractivity contribution is -0.139. The van der Waals surface area contributed by atoms with Crippen molar-refractivity contribution in [2.24, 2.45) is 0 Å². The van der Waals surface area contributed by atoms with Crippen molar-refractivity contribution >= 4 is 43.5 Å². The highest BCUT2D eigenvalue weighted by Crippen LogP contribution is 2.28. The minimum Gasteiger partial charge on any atom is -0.352 e. The Morgan fingerprint density at radius 2 is 1.54 bits per heavy atom. The van der Waals surface area contributed by atoms with E-state index in [0.29, 0.717) is 5.69 Å². The van der Waals surface area contributed by atoms with Crippen LogP contribution in [0.1, 0.15) is 43.0 Å². The standard InChI is InChI=1S/C30H36BrN3O4S/c1-20(2)32-30(36)24(6)33(18-25-8-7-9-26(31)17-25)29(35)19-34(28-15-12-22(4)16-23(28)5)39(37,38)27-13-10-21(3)11-14-27/h7-17,20,24H,18-19H2,1-6H3,(H,32,36)/t24-/m0/s1. The molecule has 0 unspecified atom stereocenters. The number of nitrogens with zero attached hydrogens (tertiary/aromatic N) is 2. The number of carbonyl (C=O) groups is 2. The van der Waals surface area contributed by atoms with Crippen LogP contribution in [-0.4, -0.2) is 43.8 Å². The molecule has 0 saturated carbocycles. The lowest BCUT2D eigenvalue weighted by atomic mass is 10.1. The molecule has 3 aromatic rings. The molecule has 0 radical (unpaired) electrons. The van der Waals surface area contributed by atoms with Gasteiger partial charge in [-0.15, -0.1) is 0 Å². The molecule has 39 heavy (non-hydrogen) atoms. The smallest absolute Gasteiger partial charge is 0.264 e. The Kier molecular flexibility index (Phi) is 9.96. The van der Waals surface area contributed by atoms with Gasteiger partial charge >= 0.3 is 0 Å². The molecule has 3 aromatic carbocycles. The Balaban J connectivity index is 2.07. The fourth-order valence-electron chi connectivity index (χ4n) is 4.26. The number of anilines is 1. The number of hydrogen-bond acceptors (Lipinski definition) is 4. The lowest BCUT2D eigenvalue weighted by Crippen LogP contribution is -2.52. The monoisotopic (exact) mass is 613 g/mol. The van der Waals surface area contributed by atoms with Gasteiger partial charge in [-0.2, -0.15) is 0 Å². The molecule has 9 heteroatoms. The molecule has 2 amide bonds. The summed E-state index contributed by atoms with van der Waals surface area (Å²) in [4.78, 5) is 28.5. The second kappa shape index (κ2) is 12.8. The first kappa shape index (κ1) is 30.4. The van der Waals surface area contributed by atoms with Gasteiger partial charge in [-0.05, 0) is 83.0 Å². The third kappa shape index (κ3) is 7.70. The summed E-state index contributed by atoms with van der Waals surface area (Å²) in [7, 11) is -4.10. The minimum atomic E-state index is -4.10. The van der Waals surface area contributed by atoms with Crippen LogP contribution in [0.5, 0.6) is 0 Å². The molecule has 0 aliphatic heterocycles. The van der Waals surface area contributed by atoms with Gasteiger partial charge in [-0.3, -0.25) is 13.9 Å². The second-order valence-corrected chi connectivity index (χ2v) is 12.9. The Morgan fingerprint density at radius 3 is 2.13 bits per heavy atom. The van der Waals surface area contributed by atoms with E-state index in [1.807, 2.05) is 71.0 Å². The predicted octanol–water partition coefficient (Wildman–Crippen LogP) is 5.51. The Hall–Kier alpha value is -3.17. The van der Waals surface area contributed by atoms with E-state index >= 15 is 0 Å². The zero-order valence-corrected chi connectivity index (χ0v) is 25.6. The number of rotatable bonds is 10. The maximum atomic E-state index is 14.0. The summed E-state index contributed by atoms with van der Waals surface area (Å²) in [6.07, 6.45) is 0. The average molecular weight is 615 g/mol. The van der Waals surface area contributed by atoms with Crippen molar-refractivity contribution in [3.63, 3.8) is 0 Å².